The summed E-state index contributed by atoms with van der Waals surface area (Å²) in [7, 11) is 0. The summed E-state index contributed by atoms with van der Waals surface area (Å²) in [6, 6.07) is 5.68. The number of aryl methyl sites for hydroxylation is 3. The lowest BCUT2D eigenvalue weighted by Crippen LogP contribution is -2.07. The van der Waals surface area contributed by atoms with E-state index in [4.69, 9.17) is 0 Å². The second-order valence-corrected chi connectivity index (χ2v) is 6.04. The maximum atomic E-state index is 12.3. The van der Waals surface area contributed by atoms with Crippen LogP contribution in [0.3, 0.4) is 0 Å². The molecule has 0 bridgehead atoms. The molecule has 2 N–H and O–H groups in total. The fourth-order valence-corrected chi connectivity index (χ4v) is 3.08. The molecule has 3 rings (SSSR count). The Morgan fingerprint density at radius 2 is 1.95 bits per heavy atom. The molecule has 2 aromatic heterocycles. The van der Waals surface area contributed by atoms with Gasteiger partial charge in [-0.3, -0.25) is 9.89 Å². The SMILES string of the molecule is Cc1nc(SCc2cc(=O)c3c(C)ccc(C)c3[nH]2)n[nH]1. The Morgan fingerprint density at radius 3 is 2.67 bits per heavy atom. The normalized spacial score (nSPS) is 11.2. The van der Waals surface area contributed by atoms with Crippen LogP contribution in [-0.2, 0) is 5.75 Å². The Hall–Kier alpha value is -2.08. The summed E-state index contributed by atoms with van der Waals surface area (Å²) < 4.78 is 0. The van der Waals surface area contributed by atoms with E-state index in [2.05, 4.69) is 20.2 Å². The van der Waals surface area contributed by atoms with Crippen LogP contribution in [-0.4, -0.2) is 20.2 Å². The summed E-state index contributed by atoms with van der Waals surface area (Å²) in [4.78, 5) is 19.9. The van der Waals surface area contributed by atoms with Gasteiger partial charge >= 0.3 is 0 Å². The summed E-state index contributed by atoms with van der Waals surface area (Å²) in [6.45, 7) is 5.83. The van der Waals surface area contributed by atoms with Crippen LogP contribution < -0.4 is 5.43 Å². The minimum absolute atomic E-state index is 0.0618. The standard InChI is InChI=1S/C15H16N4OS/c1-8-4-5-9(2)14-13(8)12(20)6-11(17-14)7-21-15-16-10(3)18-19-15/h4-6H,7H2,1-3H3,(H,17,20)(H,16,18,19). The summed E-state index contributed by atoms with van der Waals surface area (Å²) in [6.07, 6.45) is 0. The predicted molar refractivity (Wildman–Crippen MR) is 84.7 cm³/mol. The van der Waals surface area contributed by atoms with E-state index in [1.165, 1.54) is 11.8 Å². The number of nitrogens with one attached hydrogen (secondary N) is 2. The molecule has 0 unspecified atom stereocenters. The van der Waals surface area contributed by atoms with Crippen LogP contribution in [0.2, 0.25) is 0 Å². The molecule has 0 saturated carbocycles. The molecule has 108 valence electrons. The number of H-pyrrole nitrogens is 2. The van der Waals surface area contributed by atoms with Crippen LogP contribution in [0.4, 0.5) is 0 Å². The Morgan fingerprint density at radius 1 is 1.19 bits per heavy atom. The maximum absolute atomic E-state index is 12.3. The summed E-state index contributed by atoms with van der Waals surface area (Å²) in [5.41, 5.74) is 3.94. The molecule has 0 spiro atoms. The van der Waals surface area contributed by atoms with Gasteiger partial charge in [0.1, 0.15) is 5.82 Å². The Balaban J connectivity index is 1.97. The third-order valence-electron chi connectivity index (χ3n) is 3.39. The zero-order chi connectivity index (χ0) is 15.0. The first-order valence-electron chi connectivity index (χ1n) is 6.68. The van der Waals surface area contributed by atoms with Crippen molar-refractivity contribution in [3.8, 4) is 0 Å². The summed E-state index contributed by atoms with van der Waals surface area (Å²) in [5.74, 6) is 1.42. The highest BCUT2D eigenvalue weighted by molar-refractivity contribution is 7.98. The average Bonchev–Trinajstić information content (AvgIpc) is 2.86. The number of nitrogens with zero attached hydrogens (tertiary/aromatic N) is 2. The number of benzene rings is 1. The van der Waals surface area contributed by atoms with Crippen molar-refractivity contribution in [1.82, 2.24) is 20.2 Å². The van der Waals surface area contributed by atoms with Crippen LogP contribution in [0.25, 0.3) is 10.9 Å². The number of aromatic nitrogens is 4. The number of hydrogen-bond donors (Lipinski definition) is 2. The first-order chi connectivity index (χ1) is 10.0. The number of rotatable bonds is 3. The number of thioether (sulfide) groups is 1. The lowest BCUT2D eigenvalue weighted by molar-refractivity contribution is 0.968. The van der Waals surface area contributed by atoms with Gasteiger partial charge in [0.15, 0.2) is 5.43 Å². The molecule has 2 heterocycles. The third-order valence-corrected chi connectivity index (χ3v) is 4.29. The smallest absolute Gasteiger partial charge is 0.208 e. The lowest BCUT2D eigenvalue weighted by Gasteiger charge is -2.08. The minimum Gasteiger partial charge on any atom is -0.357 e. The number of pyridine rings is 1. The molecule has 0 fully saturated rings. The van der Waals surface area contributed by atoms with Gasteiger partial charge in [-0.05, 0) is 31.9 Å². The van der Waals surface area contributed by atoms with Gasteiger partial charge < -0.3 is 4.98 Å². The van der Waals surface area contributed by atoms with Gasteiger partial charge in [-0.15, -0.1) is 5.10 Å². The van der Waals surface area contributed by atoms with Gasteiger partial charge in [0, 0.05) is 22.9 Å². The fraction of sp³-hybridized carbons (Fsp3) is 0.267. The minimum atomic E-state index is 0.0618. The maximum Gasteiger partial charge on any atom is 0.208 e. The van der Waals surface area contributed by atoms with Crippen molar-refractivity contribution in [2.75, 3.05) is 0 Å². The Bertz CT molecular complexity index is 866. The van der Waals surface area contributed by atoms with E-state index >= 15 is 0 Å². The van der Waals surface area contributed by atoms with E-state index in [-0.39, 0.29) is 5.43 Å². The van der Waals surface area contributed by atoms with Gasteiger partial charge in [0.25, 0.3) is 0 Å². The van der Waals surface area contributed by atoms with E-state index in [1.807, 2.05) is 32.9 Å². The zero-order valence-electron chi connectivity index (χ0n) is 12.2. The van der Waals surface area contributed by atoms with E-state index in [0.29, 0.717) is 10.9 Å². The highest BCUT2D eigenvalue weighted by Crippen LogP contribution is 2.21. The molecular formula is C15H16N4OS. The molecule has 21 heavy (non-hydrogen) atoms. The first kappa shape index (κ1) is 13.9. The first-order valence-corrected chi connectivity index (χ1v) is 7.67. The van der Waals surface area contributed by atoms with Crippen LogP contribution in [0.1, 0.15) is 22.6 Å². The number of hydrogen-bond acceptors (Lipinski definition) is 4. The molecular weight excluding hydrogens is 284 g/mol. The molecule has 1 aromatic carbocycles. The van der Waals surface area contributed by atoms with Crippen LogP contribution in [0.5, 0.6) is 0 Å². The van der Waals surface area contributed by atoms with Crippen LogP contribution in [0, 0.1) is 20.8 Å². The van der Waals surface area contributed by atoms with E-state index in [0.717, 1.165) is 33.5 Å². The molecule has 5 nitrogen and oxygen atoms in total. The molecule has 3 aromatic rings. The van der Waals surface area contributed by atoms with Crippen molar-refractivity contribution in [2.24, 2.45) is 0 Å². The highest BCUT2D eigenvalue weighted by Gasteiger charge is 2.08. The molecule has 0 amide bonds. The zero-order valence-corrected chi connectivity index (χ0v) is 13.0. The van der Waals surface area contributed by atoms with Gasteiger partial charge in [-0.1, -0.05) is 23.9 Å². The van der Waals surface area contributed by atoms with Crippen molar-refractivity contribution < 1.29 is 0 Å². The molecule has 0 radical (unpaired) electrons. The molecule has 0 aliphatic rings. The van der Waals surface area contributed by atoms with Gasteiger partial charge in [-0.2, -0.15) is 0 Å². The lowest BCUT2D eigenvalue weighted by atomic mass is 10.0. The quantitative estimate of drug-likeness (QED) is 0.729. The summed E-state index contributed by atoms with van der Waals surface area (Å²) >= 11 is 1.50. The topological polar surface area (TPSA) is 74.4 Å². The van der Waals surface area contributed by atoms with Crippen molar-refractivity contribution in [3.05, 3.63) is 51.1 Å². The average molecular weight is 300 g/mol. The van der Waals surface area contributed by atoms with E-state index in [9.17, 15) is 4.79 Å². The molecule has 0 aliphatic heterocycles. The Kier molecular flexibility index (Phi) is 3.55. The van der Waals surface area contributed by atoms with Gasteiger partial charge in [0.2, 0.25) is 5.16 Å². The number of aromatic amines is 2. The van der Waals surface area contributed by atoms with Crippen LogP contribution in [0.15, 0.2) is 28.2 Å². The molecule has 6 heteroatoms. The molecule has 0 saturated heterocycles. The van der Waals surface area contributed by atoms with E-state index < -0.39 is 0 Å². The van der Waals surface area contributed by atoms with Gasteiger partial charge in [0.05, 0.1) is 5.52 Å². The molecule has 0 atom stereocenters. The fourth-order valence-electron chi connectivity index (χ4n) is 2.32. The Labute approximate surface area is 126 Å². The monoisotopic (exact) mass is 300 g/mol. The highest BCUT2D eigenvalue weighted by atomic mass is 32.2. The van der Waals surface area contributed by atoms with Crippen LogP contribution >= 0.6 is 11.8 Å². The third kappa shape index (κ3) is 2.71. The molecule has 0 aliphatic carbocycles. The van der Waals surface area contributed by atoms with E-state index in [1.54, 1.807) is 6.07 Å². The predicted octanol–water partition coefficient (Wildman–Crippen LogP) is 2.86. The second-order valence-electron chi connectivity index (χ2n) is 5.10. The van der Waals surface area contributed by atoms with Crippen molar-refractivity contribution in [3.63, 3.8) is 0 Å². The summed E-state index contributed by atoms with van der Waals surface area (Å²) in [5, 5.41) is 8.36. The second kappa shape index (κ2) is 5.37. The largest absolute Gasteiger partial charge is 0.357 e. The number of fused-ring (bicyclic) bond motifs is 1. The van der Waals surface area contributed by atoms with Crippen molar-refractivity contribution in [2.45, 2.75) is 31.7 Å². The van der Waals surface area contributed by atoms with Crippen molar-refractivity contribution in [1.29, 1.82) is 0 Å². The van der Waals surface area contributed by atoms with Gasteiger partial charge in [-0.25, -0.2) is 4.98 Å². The van der Waals surface area contributed by atoms with Crippen molar-refractivity contribution >= 4 is 22.7 Å².